The van der Waals surface area contributed by atoms with E-state index in [0.717, 1.165) is 19.3 Å². The van der Waals surface area contributed by atoms with E-state index < -0.39 is 106 Å². The van der Waals surface area contributed by atoms with Crippen molar-refractivity contribution in [1.29, 1.82) is 0 Å². The predicted molar refractivity (Wildman–Crippen MR) is 218 cm³/mol. The van der Waals surface area contributed by atoms with E-state index in [-0.39, 0.29) is 45.3 Å². The normalized spacial score (nSPS) is 11.3. The van der Waals surface area contributed by atoms with Gasteiger partial charge in [-0.25, -0.2) is 0 Å². The Hall–Kier alpha value is -1.81. The minimum atomic E-state index is -4.10. The second kappa shape index (κ2) is 40.7. The van der Waals surface area contributed by atoms with Crippen LogP contribution in [0.2, 0.25) is 0 Å². The molecule has 0 saturated heterocycles. The molecule has 0 bridgehead atoms. The molecule has 0 spiro atoms. The lowest BCUT2D eigenvalue weighted by molar-refractivity contribution is -0.143. The van der Waals surface area contributed by atoms with Crippen LogP contribution in [0.4, 0.5) is 0 Å². The molecule has 0 atom stereocenters. The number of rotatable bonds is 28. The molecular formula is C26H61ClN5O25P5. The van der Waals surface area contributed by atoms with Gasteiger partial charge >= 0.3 is 67.8 Å². The monoisotopic (exact) mass is 1030 g/mol. The maximum atomic E-state index is 10.9. The maximum absolute atomic E-state index is 10.9. The van der Waals surface area contributed by atoms with Crippen LogP contribution in [0.15, 0.2) is 0 Å². The van der Waals surface area contributed by atoms with E-state index >= 15 is 0 Å². The van der Waals surface area contributed by atoms with Crippen molar-refractivity contribution in [1.82, 2.24) is 26.6 Å². The summed E-state index contributed by atoms with van der Waals surface area (Å²) in [5.74, 6) is -3.06. The fourth-order valence-corrected chi connectivity index (χ4v) is 4.68. The van der Waals surface area contributed by atoms with Crippen molar-refractivity contribution in [2.24, 2.45) is 0 Å². The first-order chi connectivity index (χ1) is 28.2. The Kier molecular flexibility index (Phi) is 45.4. The first kappa shape index (κ1) is 69.2. The van der Waals surface area contributed by atoms with Gasteiger partial charge in [-0.2, -0.15) is 0 Å². The number of aliphatic carboxylic acids is 1. The SMILES string of the molecule is CCCCOC(=O)CNCP(=O)(O)O.CCCOC(=O)CNCP(=O)(O)O.CCOC(=O)CNCP(=O)(O)O.O=C(CNCP(=O)(O)O)OCCCl.O=C(O)CNCP(=O)(O)O. The fourth-order valence-electron chi connectivity index (χ4n) is 2.59. The van der Waals surface area contributed by atoms with E-state index in [2.05, 4.69) is 40.8 Å². The molecule has 0 aliphatic heterocycles. The molecular weight excluding hydrogens is 973 g/mol. The Bertz CT molecular complexity index is 1430. The lowest BCUT2D eigenvalue weighted by atomic mass is 10.4. The van der Waals surface area contributed by atoms with E-state index in [1.54, 1.807) is 6.92 Å². The van der Waals surface area contributed by atoms with Gasteiger partial charge in [-0.3, -0.25) is 73.4 Å². The summed E-state index contributed by atoms with van der Waals surface area (Å²) in [5, 5.41) is 19.2. The van der Waals surface area contributed by atoms with Gasteiger partial charge in [0.2, 0.25) is 0 Å². The molecule has 0 aliphatic carbocycles. The summed E-state index contributed by atoms with van der Waals surface area (Å²) in [7, 11) is -20.4. The van der Waals surface area contributed by atoms with Crippen LogP contribution in [-0.2, 0) is 65.7 Å². The zero-order valence-corrected chi connectivity index (χ0v) is 39.2. The van der Waals surface area contributed by atoms with Crippen molar-refractivity contribution in [3.05, 3.63) is 0 Å². The van der Waals surface area contributed by atoms with Crippen LogP contribution in [-0.4, -0.2) is 180 Å². The highest BCUT2D eigenvalue weighted by Crippen LogP contribution is 2.33. The molecule has 0 aromatic carbocycles. The Morgan fingerprint density at radius 3 is 0.952 bits per heavy atom. The van der Waals surface area contributed by atoms with Gasteiger partial charge < -0.3 is 73.0 Å². The summed E-state index contributed by atoms with van der Waals surface area (Å²) in [6.45, 7) is 5.32. The zero-order valence-electron chi connectivity index (χ0n) is 34.0. The van der Waals surface area contributed by atoms with Crippen LogP contribution >= 0.6 is 49.6 Å². The lowest BCUT2D eigenvalue weighted by Crippen LogP contribution is -2.26. The molecule has 0 heterocycles. The van der Waals surface area contributed by atoms with Gasteiger partial charge in [0.15, 0.2) is 0 Å². The Morgan fingerprint density at radius 2 is 0.710 bits per heavy atom. The summed E-state index contributed by atoms with van der Waals surface area (Å²) in [5.41, 5.74) is 0. The van der Waals surface area contributed by atoms with Crippen molar-refractivity contribution in [2.75, 3.05) is 96.5 Å². The van der Waals surface area contributed by atoms with Gasteiger partial charge in [-0.15, -0.1) is 11.6 Å². The van der Waals surface area contributed by atoms with Crippen LogP contribution in [0.1, 0.15) is 40.0 Å². The molecule has 0 aliphatic rings. The summed E-state index contributed by atoms with van der Waals surface area (Å²) in [4.78, 5) is 136. The Labute approximate surface area is 361 Å². The average molecular weight is 1030 g/mol. The third kappa shape index (κ3) is 78.7. The molecule has 30 nitrogen and oxygen atoms in total. The number of carboxylic acid groups (broad SMARTS) is 1. The summed E-state index contributed by atoms with van der Waals surface area (Å²) >= 11 is 5.23. The van der Waals surface area contributed by atoms with Crippen molar-refractivity contribution >= 4 is 79.4 Å². The number of esters is 4. The topological polar surface area (TPSA) is 490 Å². The standard InChI is InChI=1S/C7H16NO5P.C6H14NO5P.C5H11ClNO5P.C5H12NO5P.C3H8NO5P/c1-2-3-4-13-7(9)5-8-6-14(10,11)12;1-2-3-12-6(8)4-7-5-13(9,10)11;6-1-2-12-5(8)3-7-4-13(9,10)11;1-2-11-5(7)3-6-4-12(8,9)10;5-3(6)1-4-2-10(7,8)9/h8H,2-6H2,1H3,(H2,10,11,12);7H,2-5H2,1H3,(H2,9,10,11);7H,1-4H2,(H2,9,10,11);6H,2-4H2,1H3,(H2,8,9,10);4H,1-2H2,(H,5,6)(H2,7,8,9). The quantitative estimate of drug-likeness (QED) is 0.0124. The second-order valence-electron chi connectivity index (χ2n) is 11.2. The number of carbonyl (C=O) groups is 5. The average Bonchev–Trinajstić information content (AvgIpc) is 3.08. The number of alkyl halides is 1. The van der Waals surface area contributed by atoms with Gasteiger partial charge in [0.1, 0.15) is 6.61 Å². The van der Waals surface area contributed by atoms with Gasteiger partial charge in [0, 0.05) is 0 Å². The van der Waals surface area contributed by atoms with Gasteiger partial charge in [0.25, 0.3) is 0 Å². The first-order valence-corrected chi connectivity index (χ1v) is 26.9. The molecule has 0 saturated carbocycles. The third-order valence-corrected chi connectivity index (χ3v) is 8.15. The van der Waals surface area contributed by atoms with Crippen LogP contribution < -0.4 is 26.6 Å². The molecule has 0 aromatic rings. The molecule has 36 heteroatoms. The van der Waals surface area contributed by atoms with Gasteiger partial charge in [-0.05, 0) is 19.8 Å². The highest BCUT2D eigenvalue weighted by atomic mass is 35.5. The Balaban J connectivity index is -0.000000219. The summed E-state index contributed by atoms with van der Waals surface area (Å²) < 4.78 is 69.7. The Morgan fingerprint density at radius 1 is 0.435 bits per heavy atom. The highest BCUT2D eigenvalue weighted by molar-refractivity contribution is 7.52. The van der Waals surface area contributed by atoms with Crippen LogP contribution in [0.5, 0.6) is 0 Å². The highest BCUT2D eigenvalue weighted by Gasteiger charge is 2.16. The fraction of sp³-hybridized carbons (Fsp3) is 0.808. The maximum Gasteiger partial charge on any atom is 0.339 e. The minimum absolute atomic E-state index is 0.0952. The molecule has 16 N–H and O–H groups in total. The zero-order chi connectivity index (χ0) is 49.5. The van der Waals surface area contributed by atoms with E-state index in [1.165, 1.54) is 0 Å². The van der Waals surface area contributed by atoms with Crippen molar-refractivity contribution < 1.29 is 120 Å². The van der Waals surface area contributed by atoms with Crippen LogP contribution in [0.25, 0.3) is 0 Å². The smallest absolute Gasteiger partial charge is 0.339 e. The van der Waals surface area contributed by atoms with Crippen LogP contribution in [0.3, 0.4) is 0 Å². The molecule has 372 valence electrons. The molecule has 0 fully saturated rings. The molecule has 62 heavy (non-hydrogen) atoms. The van der Waals surface area contributed by atoms with Gasteiger partial charge in [0.05, 0.1) is 89.9 Å². The number of halogens is 1. The summed E-state index contributed by atoms with van der Waals surface area (Å²) in [6, 6.07) is 0. The summed E-state index contributed by atoms with van der Waals surface area (Å²) in [6.07, 6.45) is -0.199. The van der Waals surface area contributed by atoms with Crippen molar-refractivity contribution in [3.63, 3.8) is 0 Å². The van der Waals surface area contributed by atoms with Crippen molar-refractivity contribution in [2.45, 2.75) is 40.0 Å². The first-order valence-electron chi connectivity index (χ1n) is 17.4. The number of nitrogens with one attached hydrogen (secondary N) is 5. The third-order valence-electron chi connectivity index (χ3n) is 4.82. The van der Waals surface area contributed by atoms with E-state index in [9.17, 15) is 46.8 Å². The number of carbonyl (C=O) groups excluding carboxylic acids is 4. The largest absolute Gasteiger partial charge is 0.480 e. The molecule has 0 aromatic heterocycles. The van der Waals surface area contributed by atoms with Crippen LogP contribution in [0, 0.1) is 0 Å². The number of unbranched alkanes of at least 4 members (excludes halogenated alkanes) is 1. The van der Waals surface area contributed by atoms with E-state index in [0.29, 0.717) is 13.2 Å². The van der Waals surface area contributed by atoms with E-state index in [4.69, 9.17) is 70.4 Å². The molecule has 0 radical (unpaired) electrons. The minimum Gasteiger partial charge on any atom is -0.480 e. The molecule has 0 amide bonds. The number of hydrogen-bond donors (Lipinski definition) is 16. The molecule has 0 rings (SSSR count). The number of carboxylic acids is 1. The number of ether oxygens (including phenoxy) is 4. The van der Waals surface area contributed by atoms with E-state index in [1.807, 2.05) is 13.8 Å². The number of hydrogen-bond acceptors (Lipinski definition) is 19. The second-order valence-corrected chi connectivity index (χ2v) is 19.8. The van der Waals surface area contributed by atoms with Gasteiger partial charge in [-0.1, -0.05) is 20.3 Å². The lowest BCUT2D eigenvalue weighted by Gasteiger charge is -2.06. The van der Waals surface area contributed by atoms with Crippen molar-refractivity contribution in [3.8, 4) is 0 Å². The predicted octanol–water partition coefficient (Wildman–Crippen LogP) is -2.72. The molecule has 0 unspecified atom stereocenters.